The fourth-order valence-corrected chi connectivity index (χ4v) is 3.64. The summed E-state index contributed by atoms with van der Waals surface area (Å²) in [6, 6.07) is 4.53. The molecule has 1 heterocycles. The number of nitrogens with one attached hydrogen (secondary N) is 1. The van der Waals surface area contributed by atoms with E-state index in [-0.39, 0.29) is 0 Å². The molecule has 0 spiro atoms. The lowest BCUT2D eigenvalue weighted by Gasteiger charge is -2.21. The number of thioether (sulfide) groups is 1. The molecular formula is C22H33N3O2S. The van der Waals surface area contributed by atoms with Crippen LogP contribution in [0.2, 0.25) is 0 Å². The Balaban J connectivity index is 2.65. The van der Waals surface area contributed by atoms with E-state index in [1.807, 2.05) is 13.2 Å². The third kappa shape index (κ3) is 4.72. The first kappa shape index (κ1) is 22.3. The highest BCUT2D eigenvalue weighted by Crippen LogP contribution is 2.42. The van der Waals surface area contributed by atoms with Crippen LogP contribution in [0.5, 0.6) is 11.5 Å². The number of ether oxygens (including phenoxy) is 2. The molecule has 5 nitrogen and oxygen atoms in total. The van der Waals surface area contributed by atoms with E-state index in [1.54, 1.807) is 26.0 Å². The molecule has 0 aliphatic heterocycles. The largest absolute Gasteiger partial charge is 0.496 e. The average Bonchev–Trinajstić information content (AvgIpc) is 2.71. The Morgan fingerprint density at radius 3 is 2.04 bits per heavy atom. The van der Waals surface area contributed by atoms with Crippen molar-refractivity contribution in [2.75, 3.05) is 25.8 Å². The van der Waals surface area contributed by atoms with Gasteiger partial charge in [-0.3, -0.25) is 0 Å². The minimum Gasteiger partial charge on any atom is -0.496 e. The third-order valence-electron chi connectivity index (χ3n) is 4.99. The van der Waals surface area contributed by atoms with Gasteiger partial charge in [0.05, 0.1) is 25.5 Å². The number of benzene rings is 1. The topological polar surface area (TPSA) is 56.3 Å². The molecule has 154 valence electrons. The van der Waals surface area contributed by atoms with Gasteiger partial charge in [-0.2, -0.15) is 0 Å². The van der Waals surface area contributed by atoms with Crippen molar-refractivity contribution in [2.45, 2.75) is 64.4 Å². The van der Waals surface area contributed by atoms with Crippen molar-refractivity contribution in [3.05, 3.63) is 23.4 Å². The van der Waals surface area contributed by atoms with Crippen LogP contribution in [0, 0.1) is 6.92 Å². The zero-order valence-electron chi connectivity index (χ0n) is 18.3. The number of methoxy groups -OCH3 is 2. The monoisotopic (exact) mass is 403 g/mol. The van der Waals surface area contributed by atoms with Gasteiger partial charge in [-0.15, -0.1) is 11.8 Å². The Kier molecular flexibility index (Phi) is 7.98. The van der Waals surface area contributed by atoms with E-state index in [1.165, 1.54) is 5.56 Å². The average molecular weight is 404 g/mol. The standard InChI is InChI=1S/C22H33N3O2S/c1-9-16(10-2)24-21-22(28-8)25-20(14(5)23-21)19-17(26-6)11-15(13(3)4)12-18(19)27-7/h11-13,16H,9-10H2,1-8H3,(H,23,24). The lowest BCUT2D eigenvalue weighted by molar-refractivity contribution is 0.395. The van der Waals surface area contributed by atoms with Gasteiger partial charge in [0.1, 0.15) is 22.2 Å². The van der Waals surface area contributed by atoms with Gasteiger partial charge in [-0.05, 0) is 49.6 Å². The Morgan fingerprint density at radius 2 is 1.61 bits per heavy atom. The van der Waals surface area contributed by atoms with E-state index >= 15 is 0 Å². The van der Waals surface area contributed by atoms with Gasteiger partial charge in [-0.1, -0.05) is 27.7 Å². The normalized spacial score (nSPS) is 11.2. The Hall–Kier alpha value is -1.95. The first-order valence-electron chi connectivity index (χ1n) is 9.85. The number of nitrogens with zero attached hydrogens (tertiary/aromatic N) is 2. The van der Waals surface area contributed by atoms with Gasteiger partial charge in [0, 0.05) is 6.04 Å². The molecule has 0 aliphatic rings. The highest BCUT2D eigenvalue weighted by Gasteiger charge is 2.22. The van der Waals surface area contributed by atoms with E-state index in [0.29, 0.717) is 12.0 Å². The van der Waals surface area contributed by atoms with Crippen molar-refractivity contribution in [2.24, 2.45) is 0 Å². The van der Waals surface area contributed by atoms with Crippen LogP contribution in [0.3, 0.4) is 0 Å². The number of hydrogen-bond acceptors (Lipinski definition) is 6. The molecule has 0 amide bonds. The molecule has 0 unspecified atom stereocenters. The van der Waals surface area contributed by atoms with Crippen molar-refractivity contribution in [3.8, 4) is 22.8 Å². The highest BCUT2D eigenvalue weighted by atomic mass is 32.2. The number of aromatic nitrogens is 2. The molecule has 2 aromatic rings. The molecule has 1 aromatic heterocycles. The van der Waals surface area contributed by atoms with E-state index in [0.717, 1.165) is 52.1 Å². The molecule has 28 heavy (non-hydrogen) atoms. The fourth-order valence-electron chi connectivity index (χ4n) is 3.16. The second-order valence-corrected chi connectivity index (χ2v) is 7.92. The quantitative estimate of drug-likeness (QED) is 0.525. The van der Waals surface area contributed by atoms with Crippen LogP contribution in [0.15, 0.2) is 17.2 Å². The number of hydrogen-bond donors (Lipinski definition) is 1. The van der Waals surface area contributed by atoms with Gasteiger partial charge in [0.15, 0.2) is 5.82 Å². The second-order valence-electron chi connectivity index (χ2n) is 7.13. The molecule has 2 rings (SSSR count). The fraction of sp³-hybridized carbons (Fsp3) is 0.545. The Labute approximate surface area is 173 Å². The van der Waals surface area contributed by atoms with Crippen molar-refractivity contribution in [1.29, 1.82) is 0 Å². The summed E-state index contributed by atoms with van der Waals surface area (Å²) in [6.07, 6.45) is 4.12. The molecule has 0 saturated heterocycles. The maximum absolute atomic E-state index is 5.72. The molecule has 0 saturated carbocycles. The zero-order chi connectivity index (χ0) is 20.8. The van der Waals surface area contributed by atoms with Gasteiger partial charge in [0.2, 0.25) is 0 Å². The summed E-state index contributed by atoms with van der Waals surface area (Å²) in [5, 5.41) is 4.42. The molecular weight excluding hydrogens is 370 g/mol. The number of rotatable bonds is 9. The Morgan fingerprint density at radius 1 is 1.04 bits per heavy atom. The molecule has 0 bridgehead atoms. The molecule has 6 heteroatoms. The first-order chi connectivity index (χ1) is 13.4. The summed E-state index contributed by atoms with van der Waals surface area (Å²) >= 11 is 1.59. The predicted octanol–water partition coefficient (Wildman–Crippen LogP) is 5.92. The molecule has 0 radical (unpaired) electrons. The lowest BCUT2D eigenvalue weighted by Crippen LogP contribution is -2.19. The number of aryl methyl sites for hydroxylation is 1. The smallest absolute Gasteiger partial charge is 0.159 e. The zero-order valence-corrected chi connectivity index (χ0v) is 19.2. The SMILES string of the molecule is CCC(CC)Nc1nc(C)c(-c2c(OC)cc(C(C)C)cc2OC)nc1SC. The van der Waals surface area contributed by atoms with E-state index in [4.69, 9.17) is 19.4 Å². The van der Waals surface area contributed by atoms with Crippen LogP contribution in [0.1, 0.15) is 57.7 Å². The summed E-state index contributed by atoms with van der Waals surface area (Å²) in [6.45, 7) is 10.7. The third-order valence-corrected chi connectivity index (χ3v) is 5.66. The summed E-state index contributed by atoms with van der Waals surface area (Å²) in [7, 11) is 3.37. The van der Waals surface area contributed by atoms with Crippen molar-refractivity contribution < 1.29 is 9.47 Å². The summed E-state index contributed by atoms with van der Waals surface area (Å²) in [4.78, 5) is 9.81. The van der Waals surface area contributed by atoms with Crippen LogP contribution < -0.4 is 14.8 Å². The van der Waals surface area contributed by atoms with E-state index < -0.39 is 0 Å². The van der Waals surface area contributed by atoms with E-state index in [2.05, 4.69) is 45.1 Å². The molecule has 0 fully saturated rings. The maximum atomic E-state index is 5.72. The van der Waals surface area contributed by atoms with Gasteiger partial charge in [-0.25, -0.2) is 9.97 Å². The minimum absolute atomic E-state index is 0.373. The molecule has 0 aliphatic carbocycles. The highest BCUT2D eigenvalue weighted by molar-refractivity contribution is 7.98. The second kappa shape index (κ2) is 10.0. The first-order valence-corrected chi connectivity index (χ1v) is 11.1. The van der Waals surface area contributed by atoms with Crippen LogP contribution in [0.25, 0.3) is 11.3 Å². The summed E-state index contributed by atoms with van der Waals surface area (Å²) in [5.41, 5.74) is 3.66. The summed E-state index contributed by atoms with van der Waals surface area (Å²) in [5.74, 6) is 2.73. The Bertz CT molecular complexity index is 780. The van der Waals surface area contributed by atoms with Crippen LogP contribution in [0.4, 0.5) is 5.82 Å². The van der Waals surface area contributed by atoms with Gasteiger partial charge < -0.3 is 14.8 Å². The molecule has 1 aromatic carbocycles. The van der Waals surface area contributed by atoms with Gasteiger partial charge in [0.25, 0.3) is 0 Å². The predicted molar refractivity (Wildman–Crippen MR) is 119 cm³/mol. The van der Waals surface area contributed by atoms with Crippen molar-refractivity contribution in [1.82, 2.24) is 9.97 Å². The van der Waals surface area contributed by atoms with E-state index in [9.17, 15) is 0 Å². The van der Waals surface area contributed by atoms with Crippen molar-refractivity contribution >= 4 is 17.6 Å². The molecule has 0 atom stereocenters. The van der Waals surface area contributed by atoms with Crippen LogP contribution in [-0.4, -0.2) is 36.5 Å². The lowest BCUT2D eigenvalue weighted by atomic mass is 9.98. The van der Waals surface area contributed by atoms with Crippen molar-refractivity contribution in [3.63, 3.8) is 0 Å². The number of anilines is 1. The minimum atomic E-state index is 0.373. The maximum Gasteiger partial charge on any atom is 0.159 e. The molecule has 1 N–H and O–H groups in total. The van der Waals surface area contributed by atoms with Crippen LogP contribution >= 0.6 is 11.8 Å². The summed E-state index contributed by atoms with van der Waals surface area (Å²) < 4.78 is 11.4. The van der Waals surface area contributed by atoms with Crippen LogP contribution in [-0.2, 0) is 0 Å². The van der Waals surface area contributed by atoms with Gasteiger partial charge >= 0.3 is 0 Å².